The number of rotatable bonds is 10. The maximum atomic E-state index is 14.2. The van der Waals surface area contributed by atoms with Crippen molar-refractivity contribution in [1.29, 1.82) is 0 Å². The minimum absolute atomic E-state index is 0.00892. The number of methoxy groups -OCH3 is 1. The van der Waals surface area contributed by atoms with Gasteiger partial charge >= 0.3 is 0 Å². The summed E-state index contributed by atoms with van der Waals surface area (Å²) in [4.78, 5) is 18.0. The van der Waals surface area contributed by atoms with Gasteiger partial charge in [-0.05, 0) is 36.7 Å². The monoisotopic (exact) mass is 480 g/mol. The van der Waals surface area contributed by atoms with Gasteiger partial charge in [0.05, 0.1) is 24.8 Å². The lowest BCUT2D eigenvalue weighted by Gasteiger charge is -2.47. The molecule has 0 radical (unpaired) electrons. The van der Waals surface area contributed by atoms with Crippen molar-refractivity contribution >= 4 is 23.2 Å². The van der Waals surface area contributed by atoms with Crippen LogP contribution in [0.5, 0.6) is 0 Å². The Labute approximate surface area is 206 Å². The largest absolute Gasteiger partial charge is 0.383 e. The zero-order valence-corrected chi connectivity index (χ0v) is 20.5. The van der Waals surface area contributed by atoms with E-state index in [9.17, 15) is 4.79 Å². The van der Waals surface area contributed by atoms with Crippen LogP contribution in [0, 0.1) is 0 Å². The summed E-state index contributed by atoms with van der Waals surface area (Å²) in [7, 11) is 1.66. The topological polar surface area (TPSA) is 66.1 Å². The van der Waals surface area contributed by atoms with Crippen molar-refractivity contribution in [3.8, 4) is 0 Å². The smallest absolute Gasteiger partial charge is 0.257 e. The van der Waals surface area contributed by atoms with E-state index in [2.05, 4.69) is 10.6 Å². The van der Waals surface area contributed by atoms with Gasteiger partial charge in [0, 0.05) is 26.9 Å². The summed E-state index contributed by atoms with van der Waals surface area (Å²) >= 11 is 5.75. The van der Waals surface area contributed by atoms with Crippen LogP contribution in [0.3, 0.4) is 0 Å². The van der Waals surface area contributed by atoms with E-state index in [-0.39, 0.29) is 18.1 Å². The Kier molecular flexibility index (Phi) is 8.16. The molecule has 2 aliphatic rings. The normalized spacial score (nSPS) is 20.2. The van der Waals surface area contributed by atoms with E-state index in [1.807, 2.05) is 77.4 Å². The third-order valence-electron chi connectivity index (χ3n) is 6.06. The second-order valence-electron chi connectivity index (χ2n) is 8.21. The third-order valence-corrected chi connectivity index (χ3v) is 6.40. The molecule has 7 nitrogen and oxygen atoms in total. The quantitative estimate of drug-likeness (QED) is 0.399. The van der Waals surface area contributed by atoms with Crippen LogP contribution in [0.4, 0.5) is 0 Å². The van der Waals surface area contributed by atoms with Gasteiger partial charge in [-0.25, -0.2) is 0 Å². The SMILES string of the molecule is CCOCCCN1C(=O)C2=C(N[C@H]1c1ccccc1)N(CCOC)C(=S)N[C@H]2c1ccccc1. The van der Waals surface area contributed by atoms with E-state index in [1.165, 1.54) is 0 Å². The fraction of sp³-hybridized carbons (Fsp3) is 0.385. The summed E-state index contributed by atoms with van der Waals surface area (Å²) in [5, 5.41) is 7.64. The summed E-state index contributed by atoms with van der Waals surface area (Å²) < 4.78 is 10.9. The fourth-order valence-electron chi connectivity index (χ4n) is 4.42. The highest BCUT2D eigenvalue weighted by atomic mass is 32.1. The van der Waals surface area contributed by atoms with Gasteiger partial charge in [-0.15, -0.1) is 0 Å². The Bertz CT molecular complexity index is 1020. The van der Waals surface area contributed by atoms with E-state index in [1.54, 1.807) is 7.11 Å². The number of hydrogen-bond acceptors (Lipinski definition) is 5. The summed E-state index contributed by atoms with van der Waals surface area (Å²) in [6.45, 7) is 4.85. The molecule has 0 aliphatic carbocycles. The second-order valence-corrected chi connectivity index (χ2v) is 8.59. The summed E-state index contributed by atoms with van der Waals surface area (Å²) in [6, 6.07) is 19.7. The molecule has 34 heavy (non-hydrogen) atoms. The number of hydrogen-bond donors (Lipinski definition) is 2. The van der Waals surface area contributed by atoms with Gasteiger partial charge < -0.3 is 29.9 Å². The maximum absolute atomic E-state index is 14.2. The molecule has 2 aliphatic heterocycles. The van der Waals surface area contributed by atoms with Gasteiger partial charge in [0.25, 0.3) is 5.91 Å². The van der Waals surface area contributed by atoms with Gasteiger partial charge in [-0.3, -0.25) is 4.79 Å². The maximum Gasteiger partial charge on any atom is 0.257 e. The van der Waals surface area contributed by atoms with E-state index >= 15 is 0 Å². The van der Waals surface area contributed by atoms with Crippen LogP contribution in [-0.4, -0.2) is 60.8 Å². The number of carbonyl (C=O) groups excluding carboxylic acids is 1. The van der Waals surface area contributed by atoms with Crippen molar-refractivity contribution in [2.45, 2.75) is 25.6 Å². The second kappa shape index (κ2) is 11.5. The zero-order valence-electron chi connectivity index (χ0n) is 19.7. The molecule has 0 saturated heterocycles. The summed E-state index contributed by atoms with van der Waals surface area (Å²) in [5.74, 6) is 0.736. The first-order chi connectivity index (χ1) is 16.7. The van der Waals surface area contributed by atoms with Crippen LogP contribution >= 0.6 is 12.2 Å². The summed E-state index contributed by atoms with van der Waals surface area (Å²) in [5.41, 5.74) is 2.68. The van der Waals surface area contributed by atoms with Crippen LogP contribution in [0.15, 0.2) is 72.1 Å². The first-order valence-electron chi connectivity index (χ1n) is 11.7. The number of benzene rings is 2. The van der Waals surface area contributed by atoms with E-state index < -0.39 is 0 Å². The van der Waals surface area contributed by atoms with Crippen molar-refractivity contribution in [2.75, 3.05) is 40.0 Å². The Morgan fingerprint density at radius 1 is 0.941 bits per heavy atom. The van der Waals surface area contributed by atoms with Gasteiger partial charge in [0.2, 0.25) is 0 Å². The molecule has 2 aromatic rings. The Morgan fingerprint density at radius 3 is 2.26 bits per heavy atom. The zero-order chi connectivity index (χ0) is 23.9. The lowest BCUT2D eigenvalue weighted by molar-refractivity contribution is -0.132. The molecule has 0 bridgehead atoms. The van der Waals surface area contributed by atoms with Crippen molar-refractivity contribution in [3.05, 3.63) is 83.2 Å². The van der Waals surface area contributed by atoms with Crippen molar-refractivity contribution in [1.82, 2.24) is 20.4 Å². The first-order valence-corrected chi connectivity index (χ1v) is 12.1. The highest BCUT2D eigenvalue weighted by molar-refractivity contribution is 7.80. The van der Waals surface area contributed by atoms with Crippen LogP contribution in [0.2, 0.25) is 0 Å². The first kappa shape index (κ1) is 24.2. The average Bonchev–Trinajstić information content (AvgIpc) is 2.87. The molecule has 1 amide bonds. The molecule has 2 aromatic carbocycles. The molecule has 0 unspecified atom stereocenters. The van der Waals surface area contributed by atoms with Gasteiger partial charge in [-0.1, -0.05) is 60.7 Å². The van der Waals surface area contributed by atoms with E-state index in [4.69, 9.17) is 21.7 Å². The number of amides is 1. The molecule has 180 valence electrons. The van der Waals surface area contributed by atoms with Crippen molar-refractivity contribution in [3.63, 3.8) is 0 Å². The molecular weight excluding hydrogens is 448 g/mol. The lowest BCUT2D eigenvalue weighted by atomic mass is 9.93. The molecule has 4 rings (SSSR count). The Hall–Kier alpha value is -2.94. The lowest BCUT2D eigenvalue weighted by Crippen LogP contribution is -2.59. The molecule has 2 atom stereocenters. The van der Waals surface area contributed by atoms with E-state index in [0.29, 0.717) is 43.6 Å². The number of nitrogens with one attached hydrogen (secondary N) is 2. The highest BCUT2D eigenvalue weighted by Gasteiger charge is 2.43. The third kappa shape index (κ3) is 5.09. The molecule has 2 heterocycles. The van der Waals surface area contributed by atoms with E-state index in [0.717, 1.165) is 23.4 Å². The van der Waals surface area contributed by atoms with Gasteiger partial charge in [0.15, 0.2) is 5.11 Å². The molecule has 8 heteroatoms. The predicted octanol–water partition coefficient (Wildman–Crippen LogP) is 3.33. The van der Waals surface area contributed by atoms with Gasteiger partial charge in [0.1, 0.15) is 12.0 Å². The minimum Gasteiger partial charge on any atom is -0.383 e. The number of carbonyl (C=O) groups is 1. The van der Waals surface area contributed by atoms with Crippen molar-refractivity contribution in [2.24, 2.45) is 0 Å². The molecule has 0 spiro atoms. The number of thiocarbonyl (C=S) groups is 1. The number of nitrogens with zero attached hydrogens (tertiary/aromatic N) is 2. The Balaban J connectivity index is 1.77. The van der Waals surface area contributed by atoms with Crippen LogP contribution < -0.4 is 10.6 Å². The highest BCUT2D eigenvalue weighted by Crippen LogP contribution is 2.37. The molecule has 0 aromatic heterocycles. The fourth-order valence-corrected chi connectivity index (χ4v) is 4.72. The van der Waals surface area contributed by atoms with Crippen LogP contribution in [0.1, 0.15) is 36.7 Å². The number of ether oxygens (including phenoxy) is 2. The predicted molar refractivity (Wildman–Crippen MR) is 136 cm³/mol. The molecule has 2 N–H and O–H groups in total. The van der Waals surface area contributed by atoms with Crippen LogP contribution in [-0.2, 0) is 14.3 Å². The van der Waals surface area contributed by atoms with Crippen molar-refractivity contribution < 1.29 is 14.3 Å². The molecular formula is C26H32N4O3S. The standard InChI is InChI=1S/C26H32N4O3S/c1-3-33-17-10-15-29-23(20-13-8-5-9-14-20)28-24-21(25(29)31)22(19-11-6-4-7-12-19)27-26(34)30(24)16-18-32-2/h4-9,11-14,22-23,28H,3,10,15-18H2,1-2H3,(H,27,34)/t22-,23+/m0/s1. The Morgan fingerprint density at radius 2 is 1.62 bits per heavy atom. The van der Waals surface area contributed by atoms with Gasteiger partial charge in [-0.2, -0.15) is 0 Å². The van der Waals surface area contributed by atoms with Crippen LogP contribution in [0.25, 0.3) is 0 Å². The molecule has 0 fully saturated rings. The molecule has 0 saturated carbocycles. The minimum atomic E-state index is -0.339. The average molecular weight is 481 g/mol. The summed E-state index contributed by atoms with van der Waals surface area (Å²) in [6.07, 6.45) is 0.444.